The summed E-state index contributed by atoms with van der Waals surface area (Å²) in [6.45, 7) is 1.01. The molecular weight excluding hydrogens is 313 g/mol. The fourth-order valence-electron chi connectivity index (χ4n) is 2.88. The van der Waals surface area contributed by atoms with E-state index in [1.165, 1.54) is 23.0 Å². The van der Waals surface area contributed by atoms with Gasteiger partial charge in [0.2, 0.25) is 6.41 Å². The Hall–Kier alpha value is -2.54. The quantitative estimate of drug-likeness (QED) is 0.849. The number of benzene rings is 1. The molecule has 1 aromatic heterocycles. The van der Waals surface area contributed by atoms with Crippen molar-refractivity contribution in [2.75, 3.05) is 13.1 Å². The minimum absolute atomic E-state index is 0.100. The van der Waals surface area contributed by atoms with Crippen LogP contribution in [0.15, 0.2) is 41.5 Å². The summed E-state index contributed by atoms with van der Waals surface area (Å²) < 4.78 is 15.1. The largest absolute Gasteiger partial charge is 0.388 e. The number of halogens is 1. The molecule has 1 N–H and O–H groups in total. The third kappa shape index (κ3) is 3.35. The molecule has 0 bridgehead atoms. The highest BCUT2D eigenvalue weighted by molar-refractivity contribution is 5.58. The first kappa shape index (κ1) is 16.3. The van der Waals surface area contributed by atoms with Gasteiger partial charge in [-0.3, -0.25) is 14.2 Å². The van der Waals surface area contributed by atoms with E-state index < -0.39 is 11.4 Å². The Morgan fingerprint density at radius 2 is 2.00 bits per heavy atom. The number of nitrogens with zero attached hydrogens (tertiary/aromatic N) is 3. The first-order chi connectivity index (χ1) is 11.5. The Balaban J connectivity index is 1.80. The van der Waals surface area contributed by atoms with E-state index in [2.05, 4.69) is 4.98 Å². The Kier molecular flexibility index (Phi) is 4.44. The maximum absolute atomic E-state index is 13.8. The highest BCUT2D eigenvalue weighted by Crippen LogP contribution is 2.23. The molecule has 1 fully saturated rings. The molecule has 0 aliphatic carbocycles. The second-order valence-corrected chi connectivity index (χ2v) is 6.09. The van der Waals surface area contributed by atoms with E-state index in [0.717, 1.165) is 6.41 Å². The summed E-state index contributed by atoms with van der Waals surface area (Å²) in [5, 5.41) is 10.6. The molecule has 0 radical (unpaired) electrons. The summed E-state index contributed by atoms with van der Waals surface area (Å²) in [7, 11) is 0. The van der Waals surface area contributed by atoms with Crippen molar-refractivity contribution in [3.8, 4) is 11.3 Å². The average Bonchev–Trinajstić information content (AvgIpc) is 2.58. The number of hydrogen-bond donors (Lipinski definition) is 1. The molecule has 1 amide bonds. The number of amides is 1. The molecule has 126 valence electrons. The third-order valence-electron chi connectivity index (χ3n) is 4.37. The normalized spacial score (nSPS) is 16.8. The third-order valence-corrected chi connectivity index (χ3v) is 4.37. The first-order valence-electron chi connectivity index (χ1n) is 7.74. The van der Waals surface area contributed by atoms with Crippen LogP contribution in [0, 0.1) is 5.82 Å². The SMILES string of the molecule is O=CN1CCC(O)(Cn2cnc(-c3ccccc3F)cc2=O)CC1. The lowest BCUT2D eigenvalue weighted by Crippen LogP contribution is -2.47. The molecule has 1 aromatic carbocycles. The van der Waals surface area contributed by atoms with Crippen molar-refractivity contribution in [3.63, 3.8) is 0 Å². The van der Waals surface area contributed by atoms with Gasteiger partial charge >= 0.3 is 0 Å². The molecule has 6 nitrogen and oxygen atoms in total. The highest BCUT2D eigenvalue weighted by Gasteiger charge is 2.32. The zero-order chi connectivity index (χ0) is 17.2. The number of rotatable bonds is 4. The van der Waals surface area contributed by atoms with E-state index in [1.807, 2.05) is 0 Å². The van der Waals surface area contributed by atoms with Crippen molar-refractivity contribution in [1.29, 1.82) is 0 Å². The molecule has 1 aliphatic rings. The van der Waals surface area contributed by atoms with Gasteiger partial charge in [0.25, 0.3) is 5.56 Å². The van der Waals surface area contributed by atoms with Crippen LogP contribution < -0.4 is 5.56 Å². The smallest absolute Gasteiger partial charge is 0.253 e. The van der Waals surface area contributed by atoms with Gasteiger partial charge in [0.15, 0.2) is 0 Å². The molecule has 3 rings (SSSR count). The maximum atomic E-state index is 13.8. The van der Waals surface area contributed by atoms with Crippen LogP contribution in [0.2, 0.25) is 0 Å². The number of aromatic nitrogens is 2. The number of hydrogen-bond acceptors (Lipinski definition) is 4. The molecular formula is C17H18FN3O3. The van der Waals surface area contributed by atoms with Crippen molar-refractivity contribution < 1.29 is 14.3 Å². The zero-order valence-corrected chi connectivity index (χ0v) is 13.1. The van der Waals surface area contributed by atoms with Crippen LogP contribution in [0.1, 0.15) is 12.8 Å². The summed E-state index contributed by atoms with van der Waals surface area (Å²) in [6.07, 6.45) is 2.88. The maximum Gasteiger partial charge on any atom is 0.253 e. The molecule has 0 spiro atoms. The topological polar surface area (TPSA) is 75.4 Å². The number of carbonyl (C=O) groups excluding carboxylic acids is 1. The Morgan fingerprint density at radius 1 is 1.29 bits per heavy atom. The summed E-state index contributed by atoms with van der Waals surface area (Å²) >= 11 is 0. The van der Waals surface area contributed by atoms with Gasteiger partial charge in [-0.15, -0.1) is 0 Å². The van der Waals surface area contributed by atoms with E-state index >= 15 is 0 Å². The van der Waals surface area contributed by atoms with Crippen LogP contribution in [0.25, 0.3) is 11.3 Å². The van der Waals surface area contributed by atoms with Crippen molar-refractivity contribution in [3.05, 3.63) is 52.8 Å². The molecule has 2 heterocycles. The van der Waals surface area contributed by atoms with Crippen LogP contribution in [0.5, 0.6) is 0 Å². The molecule has 1 aliphatic heterocycles. The lowest BCUT2D eigenvalue weighted by atomic mass is 9.91. The molecule has 24 heavy (non-hydrogen) atoms. The van der Waals surface area contributed by atoms with Crippen molar-refractivity contribution in [1.82, 2.24) is 14.5 Å². The van der Waals surface area contributed by atoms with Gasteiger partial charge in [-0.05, 0) is 25.0 Å². The lowest BCUT2D eigenvalue weighted by molar-refractivity contribution is -0.122. The van der Waals surface area contributed by atoms with E-state index in [4.69, 9.17) is 0 Å². The fraction of sp³-hybridized carbons (Fsp3) is 0.353. The first-order valence-corrected chi connectivity index (χ1v) is 7.74. The van der Waals surface area contributed by atoms with Crippen molar-refractivity contribution in [2.24, 2.45) is 0 Å². The van der Waals surface area contributed by atoms with Crippen LogP contribution in [0.3, 0.4) is 0 Å². The lowest BCUT2D eigenvalue weighted by Gasteiger charge is -2.36. The van der Waals surface area contributed by atoms with Crippen LogP contribution in [-0.2, 0) is 11.3 Å². The van der Waals surface area contributed by atoms with Gasteiger partial charge in [0.05, 0.1) is 24.2 Å². The Bertz CT molecular complexity index is 798. The number of likely N-dealkylation sites (tertiary alicyclic amines) is 1. The molecule has 1 saturated heterocycles. The summed E-state index contributed by atoms with van der Waals surface area (Å²) in [5.41, 5.74) is -0.879. The zero-order valence-electron chi connectivity index (χ0n) is 13.1. The summed E-state index contributed by atoms with van der Waals surface area (Å²) in [4.78, 5) is 28.8. The Labute approximate surface area is 138 Å². The molecule has 0 saturated carbocycles. The summed E-state index contributed by atoms with van der Waals surface area (Å²) in [6, 6.07) is 7.38. The van der Waals surface area contributed by atoms with Gasteiger partial charge in [0, 0.05) is 24.7 Å². The number of aliphatic hydroxyl groups is 1. The van der Waals surface area contributed by atoms with E-state index in [9.17, 15) is 19.1 Å². The second-order valence-electron chi connectivity index (χ2n) is 6.09. The van der Waals surface area contributed by atoms with Crippen LogP contribution >= 0.6 is 0 Å². The number of piperidine rings is 1. The van der Waals surface area contributed by atoms with Gasteiger partial charge in [-0.2, -0.15) is 0 Å². The predicted molar refractivity (Wildman–Crippen MR) is 85.7 cm³/mol. The minimum Gasteiger partial charge on any atom is -0.388 e. The van der Waals surface area contributed by atoms with Crippen molar-refractivity contribution >= 4 is 6.41 Å². The monoisotopic (exact) mass is 331 g/mol. The molecule has 2 aromatic rings. The molecule has 0 atom stereocenters. The Morgan fingerprint density at radius 3 is 2.62 bits per heavy atom. The molecule has 7 heteroatoms. The van der Waals surface area contributed by atoms with Gasteiger partial charge < -0.3 is 10.0 Å². The number of carbonyl (C=O) groups is 1. The van der Waals surface area contributed by atoms with Crippen LogP contribution in [-0.4, -0.2) is 44.7 Å². The minimum atomic E-state index is -1.05. The van der Waals surface area contributed by atoms with Gasteiger partial charge in [-0.25, -0.2) is 9.37 Å². The van der Waals surface area contributed by atoms with Gasteiger partial charge in [0.1, 0.15) is 5.82 Å². The predicted octanol–water partition coefficient (Wildman–Crippen LogP) is 1.03. The molecule has 0 unspecified atom stereocenters. The van der Waals surface area contributed by atoms with Crippen molar-refractivity contribution in [2.45, 2.75) is 25.0 Å². The highest BCUT2D eigenvalue weighted by atomic mass is 19.1. The fourth-order valence-corrected chi connectivity index (χ4v) is 2.88. The average molecular weight is 331 g/mol. The standard InChI is InChI=1S/C17H18FN3O3/c18-14-4-2-1-3-13(14)15-9-16(23)21(11-19-15)10-17(24)5-7-20(12-22)8-6-17/h1-4,9,11-12,24H,5-8,10H2. The second kappa shape index (κ2) is 6.52. The van der Waals surface area contributed by atoms with E-state index in [0.29, 0.717) is 25.9 Å². The van der Waals surface area contributed by atoms with E-state index in [-0.39, 0.29) is 23.4 Å². The van der Waals surface area contributed by atoms with Crippen LogP contribution in [0.4, 0.5) is 4.39 Å². The van der Waals surface area contributed by atoms with Gasteiger partial charge in [-0.1, -0.05) is 12.1 Å². The van der Waals surface area contributed by atoms with E-state index in [1.54, 1.807) is 23.1 Å². The summed E-state index contributed by atoms with van der Waals surface area (Å²) in [5.74, 6) is -0.443.